The Labute approximate surface area is 121 Å². The lowest BCUT2D eigenvalue weighted by Gasteiger charge is -2.48. The van der Waals surface area contributed by atoms with Gasteiger partial charge in [0, 0.05) is 17.9 Å². The summed E-state index contributed by atoms with van der Waals surface area (Å²) in [6.07, 6.45) is 4.88. The van der Waals surface area contributed by atoms with Crippen LogP contribution in [0.25, 0.3) is 0 Å². The minimum atomic E-state index is -0.135. The number of morpholine rings is 1. The Morgan fingerprint density at radius 2 is 1.65 bits per heavy atom. The molecule has 2 heterocycles. The van der Waals surface area contributed by atoms with E-state index in [1.54, 1.807) is 0 Å². The maximum absolute atomic E-state index is 6.44. The highest BCUT2D eigenvalue weighted by Crippen LogP contribution is 2.41. The van der Waals surface area contributed by atoms with Gasteiger partial charge in [-0.1, -0.05) is 12.8 Å². The fourth-order valence-electron chi connectivity index (χ4n) is 3.78. The fourth-order valence-corrected chi connectivity index (χ4v) is 3.78. The highest BCUT2D eigenvalue weighted by Gasteiger charge is 2.46. The number of hydrogen-bond donors (Lipinski definition) is 0. The number of nitrogens with zero attached hydrogens (tertiary/aromatic N) is 3. The molecule has 1 aromatic rings. The van der Waals surface area contributed by atoms with Gasteiger partial charge in [0.05, 0.1) is 17.7 Å². The molecule has 1 spiro atoms. The molecule has 0 N–H and O–H groups in total. The van der Waals surface area contributed by atoms with Crippen molar-refractivity contribution in [1.82, 2.24) is 9.97 Å². The zero-order valence-electron chi connectivity index (χ0n) is 13.1. The summed E-state index contributed by atoms with van der Waals surface area (Å²) in [4.78, 5) is 11.6. The van der Waals surface area contributed by atoms with Gasteiger partial charge in [0.2, 0.25) is 5.95 Å². The van der Waals surface area contributed by atoms with Crippen LogP contribution in [0.5, 0.6) is 0 Å². The third-order valence-corrected chi connectivity index (χ3v) is 4.31. The van der Waals surface area contributed by atoms with Crippen molar-refractivity contribution >= 4 is 5.95 Å². The molecule has 1 aromatic heterocycles. The zero-order valence-corrected chi connectivity index (χ0v) is 13.1. The SMILES string of the molecule is Cc1cc(C)nc(N2CC(C)(C)OC3(CCCC3)C2)n1. The van der Waals surface area contributed by atoms with Crippen LogP contribution in [-0.4, -0.2) is 34.3 Å². The maximum Gasteiger partial charge on any atom is 0.225 e. The van der Waals surface area contributed by atoms with Crippen molar-refractivity contribution in [3.63, 3.8) is 0 Å². The highest BCUT2D eigenvalue weighted by atomic mass is 16.5. The van der Waals surface area contributed by atoms with Crippen molar-refractivity contribution in [3.05, 3.63) is 17.5 Å². The molecule has 0 atom stereocenters. The Bertz CT molecular complexity index is 486. The number of anilines is 1. The molecule has 110 valence electrons. The molecule has 2 aliphatic rings. The van der Waals surface area contributed by atoms with Crippen LogP contribution in [-0.2, 0) is 4.74 Å². The summed E-state index contributed by atoms with van der Waals surface area (Å²) in [5, 5.41) is 0. The third-order valence-electron chi connectivity index (χ3n) is 4.31. The van der Waals surface area contributed by atoms with Gasteiger partial charge in [-0.25, -0.2) is 9.97 Å². The van der Waals surface area contributed by atoms with Crippen molar-refractivity contribution in [2.45, 2.75) is 64.6 Å². The van der Waals surface area contributed by atoms with Crippen LogP contribution in [0.1, 0.15) is 50.9 Å². The quantitative estimate of drug-likeness (QED) is 0.789. The molecule has 0 unspecified atom stereocenters. The lowest BCUT2D eigenvalue weighted by Crippen LogP contribution is -2.59. The normalized spacial score (nSPS) is 24.3. The second kappa shape index (κ2) is 4.69. The van der Waals surface area contributed by atoms with E-state index in [9.17, 15) is 0 Å². The van der Waals surface area contributed by atoms with Crippen molar-refractivity contribution in [2.24, 2.45) is 0 Å². The lowest BCUT2D eigenvalue weighted by molar-refractivity contribution is -0.148. The summed E-state index contributed by atoms with van der Waals surface area (Å²) in [7, 11) is 0. The summed E-state index contributed by atoms with van der Waals surface area (Å²) in [6.45, 7) is 10.2. The van der Waals surface area contributed by atoms with Gasteiger partial charge in [0.25, 0.3) is 0 Å². The van der Waals surface area contributed by atoms with Gasteiger partial charge in [-0.3, -0.25) is 0 Å². The van der Waals surface area contributed by atoms with E-state index in [1.165, 1.54) is 12.8 Å². The summed E-state index contributed by atoms with van der Waals surface area (Å²) in [5.74, 6) is 0.866. The molecule has 4 heteroatoms. The molecule has 0 aromatic carbocycles. The predicted molar refractivity (Wildman–Crippen MR) is 80.1 cm³/mol. The van der Waals surface area contributed by atoms with Gasteiger partial charge in [0.15, 0.2) is 0 Å². The van der Waals surface area contributed by atoms with E-state index in [0.717, 1.165) is 43.3 Å². The lowest BCUT2D eigenvalue weighted by atomic mass is 9.94. The smallest absolute Gasteiger partial charge is 0.225 e. The Kier molecular flexibility index (Phi) is 3.24. The molecule has 1 saturated heterocycles. The van der Waals surface area contributed by atoms with E-state index in [1.807, 2.05) is 19.9 Å². The molecule has 1 saturated carbocycles. The zero-order chi connectivity index (χ0) is 14.4. The van der Waals surface area contributed by atoms with Gasteiger partial charge in [-0.2, -0.15) is 0 Å². The second-order valence-electron chi connectivity index (χ2n) is 7.06. The third kappa shape index (κ3) is 2.66. The molecule has 0 amide bonds. The van der Waals surface area contributed by atoms with Crippen LogP contribution in [0.2, 0.25) is 0 Å². The second-order valence-corrected chi connectivity index (χ2v) is 7.06. The molecule has 20 heavy (non-hydrogen) atoms. The average molecular weight is 275 g/mol. The van der Waals surface area contributed by atoms with E-state index in [0.29, 0.717) is 0 Å². The molecule has 1 aliphatic carbocycles. The van der Waals surface area contributed by atoms with Crippen molar-refractivity contribution < 1.29 is 4.74 Å². The standard InChI is InChI=1S/C16H25N3O/c1-12-9-13(2)18-14(17-12)19-10-15(3,4)20-16(11-19)7-5-6-8-16/h9H,5-8,10-11H2,1-4H3. The average Bonchev–Trinajstić information content (AvgIpc) is 2.73. The number of aryl methyl sites for hydroxylation is 2. The molecular weight excluding hydrogens is 250 g/mol. The molecule has 3 rings (SSSR count). The van der Waals surface area contributed by atoms with E-state index < -0.39 is 0 Å². The van der Waals surface area contributed by atoms with Gasteiger partial charge < -0.3 is 9.64 Å². The minimum absolute atomic E-state index is 0.0166. The molecule has 4 nitrogen and oxygen atoms in total. The van der Waals surface area contributed by atoms with Gasteiger partial charge >= 0.3 is 0 Å². The Morgan fingerprint density at radius 3 is 2.25 bits per heavy atom. The van der Waals surface area contributed by atoms with E-state index in [4.69, 9.17) is 4.74 Å². The van der Waals surface area contributed by atoms with Crippen LogP contribution in [0.4, 0.5) is 5.95 Å². The number of ether oxygens (including phenoxy) is 1. The maximum atomic E-state index is 6.44. The Balaban J connectivity index is 1.92. The molecule has 2 fully saturated rings. The van der Waals surface area contributed by atoms with Crippen molar-refractivity contribution in [1.29, 1.82) is 0 Å². The monoisotopic (exact) mass is 275 g/mol. The first-order valence-corrected chi connectivity index (χ1v) is 7.65. The predicted octanol–water partition coefficient (Wildman–Crippen LogP) is 3.02. The first-order valence-electron chi connectivity index (χ1n) is 7.65. The molecule has 0 radical (unpaired) electrons. The number of rotatable bonds is 1. The summed E-state index contributed by atoms with van der Waals surface area (Å²) in [5.41, 5.74) is 1.96. The van der Waals surface area contributed by atoms with Gasteiger partial charge in [-0.15, -0.1) is 0 Å². The molecular formula is C16H25N3O. The van der Waals surface area contributed by atoms with Crippen LogP contribution in [0.15, 0.2) is 6.07 Å². The van der Waals surface area contributed by atoms with Crippen molar-refractivity contribution in [3.8, 4) is 0 Å². The van der Waals surface area contributed by atoms with Gasteiger partial charge in [0.1, 0.15) is 0 Å². The largest absolute Gasteiger partial charge is 0.365 e. The van der Waals surface area contributed by atoms with Gasteiger partial charge in [-0.05, 0) is 46.6 Å². The minimum Gasteiger partial charge on any atom is -0.365 e. The summed E-state index contributed by atoms with van der Waals surface area (Å²) < 4.78 is 6.44. The molecule has 0 bridgehead atoms. The van der Waals surface area contributed by atoms with Crippen LogP contribution >= 0.6 is 0 Å². The Morgan fingerprint density at radius 1 is 1.05 bits per heavy atom. The van der Waals surface area contributed by atoms with Crippen molar-refractivity contribution in [2.75, 3.05) is 18.0 Å². The van der Waals surface area contributed by atoms with E-state index in [2.05, 4.69) is 28.7 Å². The summed E-state index contributed by atoms with van der Waals surface area (Å²) >= 11 is 0. The first kappa shape index (κ1) is 13.8. The Hall–Kier alpha value is -1.16. The highest BCUT2D eigenvalue weighted by molar-refractivity contribution is 5.35. The van der Waals surface area contributed by atoms with E-state index in [-0.39, 0.29) is 11.2 Å². The number of hydrogen-bond acceptors (Lipinski definition) is 4. The summed E-state index contributed by atoms with van der Waals surface area (Å²) in [6, 6.07) is 2.03. The topological polar surface area (TPSA) is 38.2 Å². The van der Waals surface area contributed by atoms with Crippen LogP contribution in [0.3, 0.4) is 0 Å². The first-order chi connectivity index (χ1) is 9.38. The number of aromatic nitrogens is 2. The van der Waals surface area contributed by atoms with E-state index >= 15 is 0 Å². The van der Waals surface area contributed by atoms with Crippen LogP contribution < -0.4 is 4.90 Å². The molecule has 1 aliphatic heterocycles. The fraction of sp³-hybridized carbons (Fsp3) is 0.750. The van der Waals surface area contributed by atoms with Crippen LogP contribution in [0, 0.1) is 13.8 Å².